The molecule has 0 unspecified atom stereocenters. The molecule has 0 spiro atoms. The third-order valence-corrected chi connectivity index (χ3v) is 5.53. The molecule has 0 saturated heterocycles. The Hall–Kier alpha value is -2.33. The van der Waals surface area contributed by atoms with E-state index in [1.165, 1.54) is 22.8 Å². The second-order valence-corrected chi connectivity index (χ2v) is 7.00. The topological polar surface area (TPSA) is 24.4 Å². The number of nitrogens with one attached hydrogen (secondary N) is 1. The normalized spacial score (nSPS) is 15.9. The first kappa shape index (κ1) is 16.2. The summed E-state index contributed by atoms with van der Waals surface area (Å²) in [5.41, 5.74) is 4.57. The Labute approximate surface area is 151 Å². The third-order valence-electron chi connectivity index (χ3n) is 4.37. The van der Waals surface area contributed by atoms with Crippen LogP contribution in [0.4, 0.5) is 4.39 Å². The second kappa shape index (κ2) is 7.28. The van der Waals surface area contributed by atoms with Crippen LogP contribution in [0.3, 0.4) is 0 Å². The van der Waals surface area contributed by atoms with Crippen LogP contribution in [-0.2, 0) is 0 Å². The maximum absolute atomic E-state index is 14.5. The molecule has 1 aliphatic carbocycles. The van der Waals surface area contributed by atoms with Gasteiger partial charge >= 0.3 is 0 Å². The predicted molar refractivity (Wildman–Crippen MR) is 105 cm³/mol. The summed E-state index contributed by atoms with van der Waals surface area (Å²) in [7, 11) is 0. The van der Waals surface area contributed by atoms with Crippen LogP contribution in [0.2, 0.25) is 0 Å². The van der Waals surface area contributed by atoms with Gasteiger partial charge in [0, 0.05) is 17.9 Å². The lowest BCUT2D eigenvalue weighted by molar-refractivity contribution is 0.601. The highest BCUT2D eigenvalue weighted by Gasteiger charge is 2.17. The molecule has 2 nitrogen and oxygen atoms in total. The van der Waals surface area contributed by atoms with Crippen molar-refractivity contribution in [1.29, 1.82) is 0 Å². The van der Waals surface area contributed by atoms with Crippen LogP contribution < -0.4 is 5.32 Å². The van der Waals surface area contributed by atoms with Crippen molar-refractivity contribution in [2.75, 3.05) is 18.8 Å². The van der Waals surface area contributed by atoms with Crippen LogP contribution in [0.1, 0.15) is 23.1 Å². The Kier molecular flexibility index (Phi) is 4.70. The molecule has 2 aromatic rings. The molecule has 25 heavy (non-hydrogen) atoms. The number of hydrogen-bond donors (Lipinski definition) is 1. The van der Waals surface area contributed by atoms with Gasteiger partial charge in [-0.05, 0) is 35.3 Å². The standard InChI is InChI=1S/C21H19FN2S/c22-19-11-5-10-18(21-23-12-13-24-21)20(19)25-14-16-8-2-1-6-15-7-3-4-9-17(15)16/h1,3-11H,2,12-14H2,(H,23,24). The number of aliphatic imine (C=N–C) groups is 1. The Morgan fingerprint density at radius 2 is 1.96 bits per heavy atom. The van der Waals surface area contributed by atoms with Gasteiger partial charge in [0.15, 0.2) is 0 Å². The van der Waals surface area contributed by atoms with Crippen LogP contribution in [0.5, 0.6) is 0 Å². The van der Waals surface area contributed by atoms with Gasteiger partial charge in [-0.1, -0.05) is 48.6 Å². The molecule has 0 bridgehead atoms. The summed E-state index contributed by atoms with van der Waals surface area (Å²) in [5.74, 6) is 1.36. The summed E-state index contributed by atoms with van der Waals surface area (Å²) >= 11 is 1.55. The minimum absolute atomic E-state index is 0.181. The maximum atomic E-state index is 14.5. The third kappa shape index (κ3) is 3.40. The fourth-order valence-corrected chi connectivity index (χ4v) is 4.26. The summed E-state index contributed by atoms with van der Waals surface area (Å²) in [6.07, 6.45) is 7.47. The van der Waals surface area contributed by atoms with Crippen molar-refractivity contribution in [3.05, 3.63) is 77.1 Å². The number of hydrogen-bond acceptors (Lipinski definition) is 3. The van der Waals surface area contributed by atoms with Crippen molar-refractivity contribution in [2.45, 2.75) is 11.3 Å². The summed E-state index contributed by atoms with van der Waals surface area (Å²) in [6, 6.07) is 13.6. The van der Waals surface area contributed by atoms with E-state index in [4.69, 9.17) is 0 Å². The summed E-state index contributed by atoms with van der Waals surface area (Å²) < 4.78 is 14.5. The molecule has 2 aromatic carbocycles. The van der Waals surface area contributed by atoms with Gasteiger partial charge in [0.1, 0.15) is 11.7 Å². The number of allylic oxidation sites excluding steroid dienone is 2. The van der Waals surface area contributed by atoms with E-state index in [2.05, 4.69) is 52.8 Å². The molecule has 0 amide bonds. The molecule has 4 heteroatoms. The van der Waals surface area contributed by atoms with Crippen LogP contribution in [0.15, 0.2) is 64.5 Å². The fraction of sp³-hybridized carbons (Fsp3) is 0.190. The first-order valence-corrected chi connectivity index (χ1v) is 9.46. The number of rotatable bonds is 4. The van der Waals surface area contributed by atoms with Crippen LogP contribution in [-0.4, -0.2) is 24.7 Å². The van der Waals surface area contributed by atoms with Crippen molar-refractivity contribution in [3.63, 3.8) is 0 Å². The van der Waals surface area contributed by atoms with Crippen LogP contribution in [0, 0.1) is 5.82 Å². The van der Waals surface area contributed by atoms with E-state index in [9.17, 15) is 4.39 Å². The molecular weight excluding hydrogens is 331 g/mol. The average molecular weight is 350 g/mol. The van der Waals surface area contributed by atoms with Gasteiger partial charge in [-0.3, -0.25) is 4.99 Å². The quantitative estimate of drug-likeness (QED) is 0.804. The van der Waals surface area contributed by atoms with E-state index in [0.717, 1.165) is 36.7 Å². The second-order valence-electron chi connectivity index (χ2n) is 6.02. The Balaban J connectivity index is 1.62. The zero-order valence-corrected chi connectivity index (χ0v) is 14.7. The van der Waals surface area contributed by atoms with E-state index < -0.39 is 0 Å². The number of thioether (sulfide) groups is 1. The van der Waals surface area contributed by atoms with Gasteiger partial charge in [-0.2, -0.15) is 0 Å². The Morgan fingerprint density at radius 3 is 2.84 bits per heavy atom. The van der Waals surface area contributed by atoms with Crippen molar-refractivity contribution in [3.8, 4) is 0 Å². The number of nitrogens with zero attached hydrogens (tertiary/aromatic N) is 1. The van der Waals surface area contributed by atoms with Gasteiger partial charge in [-0.15, -0.1) is 11.8 Å². The number of fused-ring (bicyclic) bond motifs is 1. The smallest absolute Gasteiger partial charge is 0.137 e. The van der Waals surface area contributed by atoms with E-state index in [1.807, 2.05) is 6.07 Å². The number of benzene rings is 2. The van der Waals surface area contributed by atoms with Crippen molar-refractivity contribution in [1.82, 2.24) is 5.32 Å². The number of amidine groups is 1. The van der Waals surface area contributed by atoms with Gasteiger partial charge in [0.25, 0.3) is 0 Å². The molecule has 1 heterocycles. The molecule has 126 valence electrons. The fourth-order valence-electron chi connectivity index (χ4n) is 3.16. The molecular formula is C21H19FN2S. The maximum Gasteiger partial charge on any atom is 0.137 e. The lowest BCUT2D eigenvalue weighted by Crippen LogP contribution is -2.20. The van der Waals surface area contributed by atoms with Crippen LogP contribution in [0.25, 0.3) is 11.6 Å². The predicted octanol–water partition coefficient (Wildman–Crippen LogP) is 4.77. The Bertz CT molecular complexity index is 883. The highest BCUT2D eigenvalue weighted by atomic mass is 32.2. The molecule has 0 aromatic heterocycles. The zero-order chi connectivity index (χ0) is 17.1. The molecule has 0 atom stereocenters. The molecule has 0 saturated carbocycles. The first-order valence-electron chi connectivity index (χ1n) is 8.48. The van der Waals surface area contributed by atoms with Crippen LogP contribution >= 0.6 is 11.8 Å². The SMILES string of the molecule is Fc1cccc(C2=NCCN2)c1SCC1=CCC=Cc2ccccc21. The molecule has 0 radical (unpaired) electrons. The molecule has 0 fully saturated rings. The Morgan fingerprint density at radius 1 is 1.08 bits per heavy atom. The lowest BCUT2D eigenvalue weighted by Gasteiger charge is -2.13. The summed E-state index contributed by atoms with van der Waals surface area (Å²) in [4.78, 5) is 5.13. The molecule has 2 aliphatic rings. The van der Waals surface area contributed by atoms with E-state index in [0.29, 0.717) is 4.90 Å². The lowest BCUT2D eigenvalue weighted by atomic mass is 10.0. The van der Waals surface area contributed by atoms with Gasteiger partial charge < -0.3 is 5.32 Å². The van der Waals surface area contributed by atoms with Crippen molar-refractivity contribution in [2.24, 2.45) is 4.99 Å². The van der Waals surface area contributed by atoms with Gasteiger partial charge in [-0.25, -0.2) is 4.39 Å². The van der Waals surface area contributed by atoms with E-state index in [1.54, 1.807) is 17.8 Å². The van der Waals surface area contributed by atoms with Crippen molar-refractivity contribution >= 4 is 29.2 Å². The molecule has 1 aliphatic heterocycles. The summed E-state index contributed by atoms with van der Waals surface area (Å²) in [5, 5.41) is 3.25. The minimum atomic E-state index is -0.181. The van der Waals surface area contributed by atoms with Gasteiger partial charge in [0.2, 0.25) is 0 Å². The summed E-state index contributed by atoms with van der Waals surface area (Å²) in [6.45, 7) is 1.57. The van der Waals surface area contributed by atoms with Crippen molar-refractivity contribution < 1.29 is 4.39 Å². The molecule has 1 N–H and O–H groups in total. The highest BCUT2D eigenvalue weighted by molar-refractivity contribution is 7.99. The number of halogens is 1. The van der Waals surface area contributed by atoms with E-state index >= 15 is 0 Å². The minimum Gasteiger partial charge on any atom is -0.368 e. The van der Waals surface area contributed by atoms with Gasteiger partial charge in [0.05, 0.1) is 11.4 Å². The largest absolute Gasteiger partial charge is 0.368 e. The zero-order valence-electron chi connectivity index (χ0n) is 13.8. The first-order chi connectivity index (χ1) is 12.3. The van der Waals surface area contributed by atoms with E-state index in [-0.39, 0.29) is 5.82 Å². The average Bonchev–Trinajstić information content (AvgIpc) is 3.09. The molecule has 4 rings (SSSR count). The monoisotopic (exact) mass is 350 g/mol. The highest BCUT2D eigenvalue weighted by Crippen LogP contribution is 2.33.